The molecule has 1 aliphatic carbocycles. The van der Waals surface area contributed by atoms with Crippen molar-refractivity contribution in [2.75, 3.05) is 5.75 Å². The van der Waals surface area contributed by atoms with Gasteiger partial charge in [0.25, 0.3) is 0 Å². The lowest BCUT2D eigenvalue weighted by Crippen LogP contribution is -2.30. The van der Waals surface area contributed by atoms with Crippen LogP contribution in [-0.2, 0) is 19.4 Å². The first-order valence-electron chi connectivity index (χ1n) is 7.45. The van der Waals surface area contributed by atoms with E-state index in [1.165, 1.54) is 17.7 Å². The predicted molar refractivity (Wildman–Crippen MR) is 84.9 cm³/mol. The molecule has 1 aliphatic rings. The summed E-state index contributed by atoms with van der Waals surface area (Å²) in [5.41, 5.74) is 3.22. The zero-order chi connectivity index (χ0) is 14.7. The van der Waals surface area contributed by atoms with E-state index in [1.807, 2.05) is 22.8 Å². The maximum Gasteiger partial charge on any atom is 0.349 e. The highest BCUT2D eigenvalue weighted by molar-refractivity contribution is 7.99. The molecule has 0 saturated heterocycles. The van der Waals surface area contributed by atoms with Crippen LogP contribution in [0.1, 0.15) is 36.7 Å². The van der Waals surface area contributed by atoms with Crippen molar-refractivity contribution in [3.63, 3.8) is 0 Å². The number of thioether (sulfide) groups is 1. The number of nitrogens with zero attached hydrogens (tertiary/aromatic N) is 3. The summed E-state index contributed by atoms with van der Waals surface area (Å²) in [6, 6.07) is 5.80. The molecule has 0 aromatic carbocycles. The molecular formula is C16H19N3OS. The van der Waals surface area contributed by atoms with Gasteiger partial charge in [0.2, 0.25) is 0 Å². The molecule has 0 bridgehead atoms. The van der Waals surface area contributed by atoms with Gasteiger partial charge in [0.05, 0.1) is 12.2 Å². The molecule has 5 heteroatoms. The van der Waals surface area contributed by atoms with Gasteiger partial charge in [-0.2, -0.15) is 4.98 Å². The minimum Gasteiger partial charge on any atom is -0.290 e. The van der Waals surface area contributed by atoms with Gasteiger partial charge >= 0.3 is 5.69 Å². The van der Waals surface area contributed by atoms with Gasteiger partial charge in [-0.1, -0.05) is 13.0 Å². The van der Waals surface area contributed by atoms with Crippen molar-refractivity contribution in [3.8, 4) is 0 Å². The molecule has 4 nitrogen and oxygen atoms in total. The van der Waals surface area contributed by atoms with Crippen molar-refractivity contribution in [2.45, 2.75) is 44.2 Å². The van der Waals surface area contributed by atoms with E-state index in [1.54, 1.807) is 18.0 Å². The zero-order valence-corrected chi connectivity index (χ0v) is 13.0. The van der Waals surface area contributed by atoms with Gasteiger partial charge in [0.1, 0.15) is 5.03 Å². The first-order chi connectivity index (χ1) is 10.3. The van der Waals surface area contributed by atoms with Crippen LogP contribution >= 0.6 is 11.8 Å². The second kappa shape index (κ2) is 6.43. The summed E-state index contributed by atoms with van der Waals surface area (Å²) in [7, 11) is 0. The third-order valence-corrected chi connectivity index (χ3v) is 4.68. The van der Waals surface area contributed by atoms with Crippen molar-refractivity contribution in [2.24, 2.45) is 0 Å². The van der Waals surface area contributed by atoms with Crippen molar-refractivity contribution >= 4 is 11.8 Å². The van der Waals surface area contributed by atoms with Crippen LogP contribution in [-0.4, -0.2) is 20.3 Å². The first kappa shape index (κ1) is 14.3. The second-order valence-corrected chi connectivity index (χ2v) is 6.42. The van der Waals surface area contributed by atoms with Crippen LogP contribution in [0.25, 0.3) is 0 Å². The van der Waals surface area contributed by atoms with Crippen molar-refractivity contribution in [3.05, 3.63) is 51.8 Å². The van der Waals surface area contributed by atoms with Gasteiger partial charge in [-0.25, -0.2) is 4.79 Å². The van der Waals surface area contributed by atoms with Crippen LogP contribution < -0.4 is 5.69 Å². The number of rotatable bonds is 4. The van der Waals surface area contributed by atoms with E-state index < -0.39 is 0 Å². The largest absolute Gasteiger partial charge is 0.349 e. The average molecular weight is 301 g/mol. The van der Waals surface area contributed by atoms with Gasteiger partial charge in [0.15, 0.2) is 0 Å². The molecule has 21 heavy (non-hydrogen) atoms. The molecule has 0 spiro atoms. The molecule has 0 aliphatic heterocycles. The average Bonchev–Trinajstić information content (AvgIpc) is 2.52. The molecule has 110 valence electrons. The fraction of sp³-hybridized carbons (Fsp3) is 0.438. The molecule has 0 N–H and O–H groups in total. The molecule has 2 aromatic heterocycles. The second-order valence-electron chi connectivity index (χ2n) is 5.17. The maximum atomic E-state index is 12.4. The minimum absolute atomic E-state index is 0.141. The van der Waals surface area contributed by atoms with Crippen LogP contribution in [0.3, 0.4) is 0 Å². The molecule has 0 unspecified atom stereocenters. The van der Waals surface area contributed by atoms with Gasteiger partial charge in [-0.05, 0) is 43.6 Å². The van der Waals surface area contributed by atoms with E-state index in [4.69, 9.17) is 0 Å². The quantitative estimate of drug-likeness (QED) is 0.643. The summed E-state index contributed by atoms with van der Waals surface area (Å²) < 4.78 is 1.82. The van der Waals surface area contributed by atoms with E-state index in [0.29, 0.717) is 6.54 Å². The number of pyridine rings is 1. The summed E-state index contributed by atoms with van der Waals surface area (Å²) in [4.78, 5) is 21.0. The molecule has 0 fully saturated rings. The minimum atomic E-state index is -0.141. The zero-order valence-electron chi connectivity index (χ0n) is 12.2. The van der Waals surface area contributed by atoms with Crippen LogP contribution in [0.4, 0.5) is 0 Å². The Bertz CT molecular complexity index is 682. The summed E-state index contributed by atoms with van der Waals surface area (Å²) >= 11 is 1.68. The summed E-state index contributed by atoms with van der Waals surface area (Å²) in [6.45, 7) is 2.62. The van der Waals surface area contributed by atoms with Gasteiger partial charge in [0, 0.05) is 17.5 Å². The molecule has 0 atom stereocenters. The highest BCUT2D eigenvalue weighted by Gasteiger charge is 2.20. The topological polar surface area (TPSA) is 47.8 Å². The lowest BCUT2D eigenvalue weighted by Gasteiger charge is -2.22. The number of aromatic nitrogens is 3. The van der Waals surface area contributed by atoms with E-state index in [2.05, 4.69) is 16.9 Å². The third kappa shape index (κ3) is 3.02. The fourth-order valence-corrected chi connectivity index (χ4v) is 3.63. The van der Waals surface area contributed by atoms with E-state index in [-0.39, 0.29) is 5.69 Å². The molecule has 2 heterocycles. The highest BCUT2D eigenvalue weighted by Crippen LogP contribution is 2.28. The van der Waals surface area contributed by atoms with Gasteiger partial charge < -0.3 is 0 Å². The molecule has 2 aromatic rings. The number of hydrogen-bond donors (Lipinski definition) is 0. The van der Waals surface area contributed by atoms with Gasteiger partial charge in [-0.3, -0.25) is 9.55 Å². The van der Waals surface area contributed by atoms with E-state index in [0.717, 1.165) is 35.7 Å². The monoisotopic (exact) mass is 301 g/mol. The van der Waals surface area contributed by atoms with Crippen LogP contribution in [0.15, 0.2) is 34.2 Å². The number of hydrogen-bond acceptors (Lipinski definition) is 4. The Labute approximate surface area is 128 Å². The van der Waals surface area contributed by atoms with Crippen molar-refractivity contribution < 1.29 is 0 Å². The Morgan fingerprint density at radius 3 is 2.90 bits per heavy atom. The van der Waals surface area contributed by atoms with Crippen LogP contribution in [0.5, 0.6) is 0 Å². The molecular weight excluding hydrogens is 282 g/mol. The standard InChI is InChI=1S/C16H19N3OS/c1-2-21-15-13-8-3-4-9-14(13)19(16(20)18-15)11-12-7-5-6-10-17-12/h5-7,10H,2-4,8-9,11H2,1H3. The first-order valence-corrected chi connectivity index (χ1v) is 8.43. The Morgan fingerprint density at radius 2 is 2.14 bits per heavy atom. The maximum absolute atomic E-state index is 12.4. The Balaban J connectivity index is 2.06. The summed E-state index contributed by atoms with van der Waals surface area (Å²) in [5, 5.41) is 0.939. The van der Waals surface area contributed by atoms with Crippen molar-refractivity contribution in [1.82, 2.24) is 14.5 Å². The molecule has 3 rings (SSSR count). The summed E-state index contributed by atoms with van der Waals surface area (Å²) in [6.07, 6.45) is 6.11. The Kier molecular flexibility index (Phi) is 4.39. The van der Waals surface area contributed by atoms with Crippen molar-refractivity contribution in [1.29, 1.82) is 0 Å². The van der Waals surface area contributed by atoms with E-state index in [9.17, 15) is 4.79 Å². The van der Waals surface area contributed by atoms with Gasteiger partial charge in [-0.15, -0.1) is 11.8 Å². The third-order valence-electron chi connectivity index (χ3n) is 3.78. The molecule has 0 radical (unpaired) electrons. The lowest BCUT2D eigenvalue weighted by atomic mass is 9.97. The lowest BCUT2D eigenvalue weighted by molar-refractivity contribution is 0.565. The summed E-state index contributed by atoms with van der Waals surface area (Å²) in [5.74, 6) is 0.948. The van der Waals surface area contributed by atoms with Crippen LogP contribution in [0, 0.1) is 0 Å². The fourth-order valence-electron chi connectivity index (χ4n) is 2.82. The Morgan fingerprint density at radius 1 is 1.29 bits per heavy atom. The highest BCUT2D eigenvalue weighted by atomic mass is 32.2. The van der Waals surface area contributed by atoms with E-state index >= 15 is 0 Å². The normalized spacial score (nSPS) is 14.0. The predicted octanol–water partition coefficient (Wildman–Crippen LogP) is 2.68. The number of fused-ring (bicyclic) bond motifs is 1. The van der Waals surface area contributed by atoms with Crippen LogP contribution in [0.2, 0.25) is 0 Å². The SMILES string of the molecule is CCSc1nc(=O)n(Cc2ccccn2)c2c1CCCC2. The smallest absolute Gasteiger partial charge is 0.290 e. The molecule has 0 saturated carbocycles. The Hall–Kier alpha value is -1.62. The molecule has 0 amide bonds.